The van der Waals surface area contributed by atoms with Crippen LogP contribution in [0.4, 0.5) is 0 Å². The van der Waals surface area contributed by atoms with E-state index in [0.29, 0.717) is 11.6 Å². The van der Waals surface area contributed by atoms with Crippen LogP contribution >= 0.6 is 11.3 Å². The average molecular weight is 292 g/mol. The molecule has 2 heterocycles. The van der Waals surface area contributed by atoms with Crippen molar-refractivity contribution in [3.8, 4) is 0 Å². The van der Waals surface area contributed by atoms with Crippen molar-refractivity contribution in [3.63, 3.8) is 0 Å². The quantitative estimate of drug-likeness (QED) is 0.885. The molecular weight excluding hydrogens is 264 g/mol. The Bertz CT molecular complexity index is 460. The maximum atomic E-state index is 3.87. The highest BCUT2D eigenvalue weighted by molar-refractivity contribution is 7.12. The third-order valence-electron chi connectivity index (χ3n) is 5.27. The van der Waals surface area contributed by atoms with Gasteiger partial charge in [-0.25, -0.2) is 0 Å². The molecule has 1 spiro atoms. The molecule has 1 atom stereocenters. The van der Waals surface area contributed by atoms with Crippen molar-refractivity contribution in [2.45, 2.75) is 64.5 Å². The third kappa shape index (κ3) is 2.81. The summed E-state index contributed by atoms with van der Waals surface area (Å²) in [4.78, 5) is 5.69. The van der Waals surface area contributed by atoms with Gasteiger partial charge in [-0.2, -0.15) is 0 Å². The fourth-order valence-electron chi connectivity index (χ4n) is 4.14. The van der Waals surface area contributed by atoms with Gasteiger partial charge in [0, 0.05) is 34.4 Å². The van der Waals surface area contributed by atoms with Crippen molar-refractivity contribution in [1.29, 1.82) is 0 Å². The number of hydrogen-bond acceptors (Lipinski definition) is 3. The molecule has 2 nitrogen and oxygen atoms in total. The zero-order valence-corrected chi connectivity index (χ0v) is 14.0. The zero-order valence-electron chi connectivity index (χ0n) is 13.2. The third-order valence-corrected chi connectivity index (χ3v) is 6.25. The smallest absolute Gasteiger partial charge is 0.0331 e. The number of thiophene rings is 1. The van der Waals surface area contributed by atoms with Crippen molar-refractivity contribution >= 4 is 11.3 Å². The lowest BCUT2D eigenvalue weighted by Crippen LogP contribution is -2.49. The molecule has 0 radical (unpaired) electrons. The van der Waals surface area contributed by atoms with Crippen LogP contribution in [-0.2, 0) is 0 Å². The van der Waals surface area contributed by atoms with E-state index in [1.165, 1.54) is 61.5 Å². The van der Waals surface area contributed by atoms with Gasteiger partial charge in [0.2, 0.25) is 0 Å². The Morgan fingerprint density at radius 2 is 2.00 bits per heavy atom. The summed E-state index contributed by atoms with van der Waals surface area (Å²) in [5, 5.41) is 3.87. The molecule has 0 amide bonds. The van der Waals surface area contributed by atoms with Crippen LogP contribution in [0.3, 0.4) is 0 Å². The van der Waals surface area contributed by atoms with E-state index >= 15 is 0 Å². The van der Waals surface area contributed by atoms with Gasteiger partial charge in [-0.15, -0.1) is 11.3 Å². The van der Waals surface area contributed by atoms with Crippen LogP contribution < -0.4 is 5.32 Å². The first kappa shape index (κ1) is 14.6. The van der Waals surface area contributed by atoms with E-state index in [2.05, 4.69) is 37.1 Å². The highest BCUT2D eigenvalue weighted by atomic mass is 32.1. The van der Waals surface area contributed by atoms with Gasteiger partial charge in [0.1, 0.15) is 0 Å². The lowest BCUT2D eigenvalue weighted by molar-refractivity contribution is 0.165. The van der Waals surface area contributed by atoms with E-state index in [-0.39, 0.29) is 0 Å². The van der Waals surface area contributed by atoms with E-state index < -0.39 is 0 Å². The van der Waals surface area contributed by atoms with Crippen molar-refractivity contribution in [1.82, 2.24) is 10.2 Å². The molecule has 0 bridgehead atoms. The van der Waals surface area contributed by atoms with E-state index in [4.69, 9.17) is 0 Å². The zero-order chi connectivity index (χ0) is 14.2. The summed E-state index contributed by atoms with van der Waals surface area (Å²) < 4.78 is 0. The minimum Gasteiger partial charge on any atom is -0.310 e. The largest absolute Gasteiger partial charge is 0.310 e. The van der Waals surface area contributed by atoms with Crippen molar-refractivity contribution in [2.75, 3.05) is 19.6 Å². The second kappa shape index (κ2) is 5.78. The predicted octanol–water partition coefficient (Wildman–Crippen LogP) is 4.03. The van der Waals surface area contributed by atoms with E-state index in [1.54, 1.807) is 5.56 Å². The summed E-state index contributed by atoms with van der Waals surface area (Å²) in [6.45, 7) is 10.6. The summed E-state index contributed by atoms with van der Waals surface area (Å²) in [5.41, 5.74) is 1.98. The highest BCUT2D eigenvalue weighted by Gasteiger charge is 2.37. The second-order valence-corrected chi connectivity index (χ2v) is 8.24. The van der Waals surface area contributed by atoms with E-state index in [1.807, 2.05) is 11.3 Å². The molecular formula is C17H28N2S. The molecule has 1 aromatic rings. The Kier molecular flexibility index (Phi) is 4.21. The Morgan fingerprint density at radius 1 is 1.25 bits per heavy atom. The minimum absolute atomic E-state index is 0.420. The van der Waals surface area contributed by atoms with Gasteiger partial charge in [0.15, 0.2) is 0 Å². The number of hydrogen-bond donors (Lipinski definition) is 1. The van der Waals surface area contributed by atoms with Crippen LogP contribution in [0.5, 0.6) is 0 Å². The van der Waals surface area contributed by atoms with Gasteiger partial charge in [0.25, 0.3) is 0 Å². The number of rotatable bonds is 2. The fraction of sp³-hybridized carbons (Fsp3) is 0.765. The Labute approximate surface area is 127 Å². The first-order valence-electron chi connectivity index (χ1n) is 8.16. The molecule has 112 valence electrons. The molecule has 3 rings (SSSR count). The van der Waals surface area contributed by atoms with Gasteiger partial charge < -0.3 is 5.32 Å². The summed E-state index contributed by atoms with van der Waals surface area (Å²) in [7, 11) is 0. The average Bonchev–Trinajstić information content (AvgIpc) is 2.92. The minimum atomic E-state index is 0.420. The summed E-state index contributed by atoms with van der Waals surface area (Å²) in [6.07, 6.45) is 6.85. The monoisotopic (exact) mass is 292 g/mol. The molecule has 20 heavy (non-hydrogen) atoms. The molecule has 1 aliphatic carbocycles. The van der Waals surface area contributed by atoms with Crippen LogP contribution in [0, 0.1) is 13.8 Å². The van der Waals surface area contributed by atoms with Crippen LogP contribution in [0.2, 0.25) is 0 Å². The lowest BCUT2D eigenvalue weighted by Gasteiger charge is -2.36. The number of nitrogens with one attached hydrogen (secondary N) is 1. The molecule has 1 saturated heterocycles. The molecule has 1 unspecified atom stereocenters. The van der Waals surface area contributed by atoms with Crippen molar-refractivity contribution < 1.29 is 0 Å². The molecule has 3 heteroatoms. The SMILES string of the molecule is Cc1cc(C(C)N2CCCNC3(CCCC3)C2)c(C)s1. The summed E-state index contributed by atoms with van der Waals surface area (Å²) in [5.74, 6) is 0. The molecule has 1 aliphatic heterocycles. The number of nitrogens with zero attached hydrogens (tertiary/aromatic N) is 1. The molecule has 2 fully saturated rings. The molecule has 0 aromatic carbocycles. The first-order chi connectivity index (χ1) is 9.60. The normalized spacial score (nSPS) is 24.9. The van der Waals surface area contributed by atoms with Crippen LogP contribution in [0.25, 0.3) is 0 Å². The van der Waals surface area contributed by atoms with Crippen molar-refractivity contribution in [2.24, 2.45) is 0 Å². The molecule has 2 aliphatic rings. The summed E-state index contributed by atoms with van der Waals surface area (Å²) in [6, 6.07) is 2.97. The van der Waals surface area contributed by atoms with Gasteiger partial charge in [0.05, 0.1) is 0 Å². The second-order valence-electron chi connectivity index (χ2n) is 6.78. The first-order valence-corrected chi connectivity index (χ1v) is 8.97. The van der Waals surface area contributed by atoms with Crippen LogP contribution in [-0.4, -0.2) is 30.1 Å². The summed E-state index contributed by atoms with van der Waals surface area (Å²) >= 11 is 1.95. The van der Waals surface area contributed by atoms with Gasteiger partial charge in [-0.3, -0.25) is 4.90 Å². The molecule has 1 aromatic heterocycles. The topological polar surface area (TPSA) is 15.3 Å². The van der Waals surface area contributed by atoms with Gasteiger partial charge >= 0.3 is 0 Å². The van der Waals surface area contributed by atoms with Crippen molar-refractivity contribution in [3.05, 3.63) is 21.4 Å². The lowest BCUT2D eigenvalue weighted by atomic mass is 9.96. The predicted molar refractivity (Wildman–Crippen MR) is 87.6 cm³/mol. The molecule has 1 saturated carbocycles. The molecule has 1 N–H and O–H groups in total. The van der Waals surface area contributed by atoms with Gasteiger partial charge in [-0.1, -0.05) is 12.8 Å². The Morgan fingerprint density at radius 3 is 2.65 bits per heavy atom. The van der Waals surface area contributed by atoms with Gasteiger partial charge in [-0.05, 0) is 58.2 Å². The van der Waals surface area contributed by atoms with E-state index in [9.17, 15) is 0 Å². The number of aryl methyl sites for hydroxylation is 2. The van der Waals surface area contributed by atoms with E-state index in [0.717, 1.165) is 0 Å². The fourth-order valence-corrected chi connectivity index (χ4v) is 5.15. The maximum Gasteiger partial charge on any atom is 0.0331 e. The Hall–Kier alpha value is -0.380. The maximum absolute atomic E-state index is 3.87. The van der Waals surface area contributed by atoms with Crippen LogP contribution in [0.15, 0.2) is 6.07 Å². The highest BCUT2D eigenvalue weighted by Crippen LogP contribution is 2.36. The van der Waals surface area contributed by atoms with Crippen LogP contribution in [0.1, 0.15) is 60.4 Å². The standard InChI is InChI=1S/C17H28N2S/c1-13-11-16(15(3)20-13)14(2)19-10-6-9-18-17(12-19)7-4-5-8-17/h11,14,18H,4-10,12H2,1-3H3. The Balaban J connectivity index is 1.79.